The Kier molecular flexibility index (Phi) is 4.02. The molecule has 2 saturated carbocycles. The average Bonchev–Trinajstić information content (AvgIpc) is 3.39. The summed E-state index contributed by atoms with van der Waals surface area (Å²) in [7, 11) is 0. The smallest absolute Gasteiger partial charge is 0.230 e. The highest BCUT2D eigenvalue weighted by atomic mass is 16.2. The fourth-order valence-corrected chi connectivity index (χ4v) is 4.12. The Bertz CT molecular complexity index is 584. The standard InChI is InChI=1S/C19H27N3O/c20-16-5-3-4-15(12-16)19(23)22-11-10-21(13-14-8-9-14)17-6-1-2-7-18(17)22/h1-2,6-7,14-16H,3-5,8-13,20H2. The Morgan fingerprint density at radius 2 is 1.87 bits per heavy atom. The molecule has 4 rings (SSSR count). The van der Waals surface area contributed by atoms with Crippen molar-refractivity contribution < 1.29 is 4.79 Å². The maximum atomic E-state index is 13.1. The second-order valence-electron chi connectivity index (χ2n) is 7.49. The largest absolute Gasteiger partial charge is 0.368 e. The van der Waals surface area contributed by atoms with Gasteiger partial charge >= 0.3 is 0 Å². The van der Waals surface area contributed by atoms with E-state index in [0.717, 1.165) is 56.9 Å². The predicted octanol–water partition coefficient (Wildman–Crippen LogP) is 2.77. The maximum Gasteiger partial charge on any atom is 0.230 e. The molecule has 2 N–H and O–H groups in total. The lowest BCUT2D eigenvalue weighted by Gasteiger charge is -2.40. The van der Waals surface area contributed by atoms with E-state index in [9.17, 15) is 4.79 Å². The quantitative estimate of drug-likeness (QED) is 0.933. The number of carbonyl (C=O) groups is 1. The minimum atomic E-state index is 0.113. The van der Waals surface area contributed by atoms with Crippen LogP contribution < -0.4 is 15.5 Å². The topological polar surface area (TPSA) is 49.6 Å². The first-order valence-corrected chi connectivity index (χ1v) is 9.13. The van der Waals surface area contributed by atoms with Gasteiger partial charge in [-0.2, -0.15) is 0 Å². The van der Waals surface area contributed by atoms with Crippen molar-refractivity contribution in [2.75, 3.05) is 29.4 Å². The van der Waals surface area contributed by atoms with E-state index in [0.29, 0.717) is 5.91 Å². The predicted molar refractivity (Wildman–Crippen MR) is 93.7 cm³/mol. The summed E-state index contributed by atoms with van der Waals surface area (Å²) in [5.41, 5.74) is 8.43. The molecule has 2 fully saturated rings. The van der Waals surface area contributed by atoms with Crippen LogP contribution >= 0.6 is 0 Å². The van der Waals surface area contributed by atoms with Gasteiger partial charge in [-0.05, 0) is 50.2 Å². The molecule has 2 atom stereocenters. The monoisotopic (exact) mass is 313 g/mol. The summed E-state index contributed by atoms with van der Waals surface area (Å²) in [4.78, 5) is 17.6. The Morgan fingerprint density at radius 3 is 2.61 bits per heavy atom. The molecule has 0 bridgehead atoms. The van der Waals surface area contributed by atoms with Gasteiger partial charge in [-0.25, -0.2) is 0 Å². The molecule has 0 spiro atoms. The third kappa shape index (κ3) is 3.09. The van der Waals surface area contributed by atoms with Crippen LogP contribution in [-0.4, -0.2) is 31.6 Å². The third-order valence-electron chi connectivity index (χ3n) is 5.61. The van der Waals surface area contributed by atoms with E-state index in [2.05, 4.69) is 23.1 Å². The maximum absolute atomic E-state index is 13.1. The molecule has 1 heterocycles. The summed E-state index contributed by atoms with van der Waals surface area (Å²) in [6, 6.07) is 8.61. The van der Waals surface area contributed by atoms with Crippen molar-refractivity contribution >= 4 is 17.3 Å². The Hall–Kier alpha value is -1.55. The number of amides is 1. The van der Waals surface area contributed by atoms with Crippen LogP contribution in [0.25, 0.3) is 0 Å². The van der Waals surface area contributed by atoms with Crippen LogP contribution in [0.2, 0.25) is 0 Å². The molecule has 1 aromatic rings. The van der Waals surface area contributed by atoms with Crippen molar-refractivity contribution in [3.63, 3.8) is 0 Å². The Balaban J connectivity index is 1.55. The van der Waals surface area contributed by atoms with Crippen LogP contribution in [0, 0.1) is 11.8 Å². The normalized spacial score (nSPS) is 27.7. The number of hydrogen-bond acceptors (Lipinski definition) is 3. The lowest BCUT2D eigenvalue weighted by molar-refractivity contribution is -0.123. The van der Waals surface area contributed by atoms with Crippen LogP contribution in [0.5, 0.6) is 0 Å². The Labute approximate surface area is 138 Å². The van der Waals surface area contributed by atoms with Crippen molar-refractivity contribution in [3.8, 4) is 0 Å². The van der Waals surface area contributed by atoms with Crippen molar-refractivity contribution in [3.05, 3.63) is 24.3 Å². The van der Waals surface area contributed by atoms with Gasteiger partial charge in [0, 0.05) is 31.6 Å². The van der Waals surface area contributed by atoms with E-state index in [1.54, 1.807) is 0 Å². The summed E-state index contributed by atoms with van der Waals surface area (Å²) >= 11 is 0. The molecule has 1 amide bonds. The average molecular weight is 313 g/mol. The third-order valence-corrected chi connectivity index (χ3v) is 5.61. The molecule has 0 aromatic heterocycles. The highest BCUT2D eigenvalue weighted by Crippen LogP contribution is 2.38. The summed E-state index contributed by atoms with van der Waals surface area (Å²) < 4.78 is 0. The van der Waals surface area contributed by atoms with Gasteiger partial charge in [-0.3, -0.25) is 4.79 Å². The zero-order valence-electron chi connectivity index (χ0n) is 13.8. The molecule has 124 valence electrons. The molecule has 0 saturated heterocycles. The number of nitrogens with zero attached hydrogens (tertiary/aromatic N) is 2. The number of carbonyl (C=O) groups excluding carboxylic acids is 1. The number of benzene rings is 1. The summed E-state index contributed by atoms with van der Waals surface area (Å²) in [6.45, 7) is 2.92. The number of fused-ring (bicyclic) bond motifs is 1. The lowest BCUT2D eigenvalue weighted by atomic mass is 9.85. The zero-order valence-corrected chi connectivity index (χ0v) is 13.8. The number of hydrogen-bond donors (Lipinski definition) is 1. The fraction of sp³-hybridized carbons (Fsp3) is 0.632. The van der Waals surface area contributed by atoms with E-state index < -0.39 is 0 Å². The molecule has 2 aliphatic carbocycles. The first-order valence-electron chi connectivity index (χ1n) is 9.13. The van der Waals surface area contributed by atoms with E-state index in [4.69, 9.17) is 5.73 Å². The van der Waals surface area contributed by atoms with Gasteiger partial charge < -0.3 is 15.5 Å². The van der Waals surface area contributed by atoms with Crippen LogP contribution in [0.4, 0.5) is 11.4 Å². The summed E-state index contributed by atoms with van der Waals surface area (Å²) in [6.07, 6.45) is 6.72. The molecular weight excluding hydrogens is 286 g/mol. The first kappa shape index (κ1) is 15.0. The Morgan fingerprint density at radius 1 is 1.09 bits per heavy atom. The lowest BCUT2D eigenvalue weighted by Crippen LogP contribution is -2.48. The van der Waals surface area contributed by atoms with Crippen LogP contribution in [-0.2, 0) is 4.79 Å². The van der Waals surface area contributed by atoms with Gasteiger partial charge in [0.2, 0.25) is 5.91 Å². The molecule has 2 unspecified atom stereocenters. The summed E-state index contributed by atoms with van der Waals surface area (Å²) in [5, 5.41) is 0. The molecule has 23 heavy (non-hydrogen) atoms. The molecular formula is C19H27N3O. The van der Waals surface area contributed by atoms with Crippen LogP contribution in [0.15, 0.2) is 24.3 Å². The minimum absolute atomic E-state index is 0.113. The summed E-state index contributed by atoms with van der Waals surface area (Å²) in [5.74, 6) is 1.27. The van der Waals surface area contributed by atoms with Crippen molar-refractivity contribution in [1.29, 1.82) is 0 Å². The molecule has 1 aromatic carbocycles. The minimum Gasteiger partial charge on any atom is -0.368 e. The SMILES string of the molecule is NC1CCCC(C(=O)N2CCN(CC3CC3)c3ccccc32)C1. The number of para-hydroxylation sites is 2. The fourth-order valence-electron chi connectivity index (χ4n) is 4.12. The first-order chi connectivity index (χ1) is 11.2. The van der Waals surface area contributed by atoms with Gasteiger partial charge in [-0.1, -0.05) is 18.6 Å². The molecule has 1 aliphatic heterocycles. The van der Waals surface area contributed by atoms with Crippen LogP contribution in [0.3, 0.4) is 0 Å². The van der Waals surface area contributed by atoms with E-state index in [-0.39, 0.29) is 12.0 Å². The second-order valence-corrected chi connectivity index (χ2v) is 7.49. The molecule has 3 aliphatic rings. The van der Waals surface area contributed by atoms with Crippen molar-refractivity contribution in [1.82, 2.24) is 0 Å². The van der Waals surface area contributed by atoms with Gasteiger partial charge in [0.15, 0.2) is 0 Å². The van der Waals surface area contributed by atoms with Gasteiger partial charge in [0.05, 0.1) is 11.4 Å². The van der Waals surface area contributed by atoms with Crippen molar-refractivity contribution in [2.24, 2.45) is 17.6 Å². The number of anilines is 2. The number of rotatable bonds is 3. The van der Waals surface area contributed by atoms with E-state index in [1.165, 1.54) is 18.5 Å². The van der Waals surface area contributed by atoms with Gasteiger partial charge in [0.25, 0.3) is 0 Å². The number of nitrogens with two attached hydrogens (primary N) is 1. The highest BCUT2D eigenvalue weighted by Gasteiger charge is 2.34. The molecule has 4 nitrogen and oxygen atoms in total. The van der Waals surface area contributed by atoms with Crippen LogP contribution in [0.1, 0.15) is 38.5 Å². The molecule has 4 heteroatoms. The molecule has 0 radical (unpaired) electrons. The van der Waals surface area contributed by atoms with Gasteiger partial charge in [0.1, 0.15) is 0 Å². The zero-order chi connectivity index (χ0) is 15.8. The highest BCUT2D eigenvalue weighted by molar-refractivity contribution is 5.99. The van der Waals surface area contributed by atoms with E-state index >= 15 is 0 Å². The van der Waals surface area contributed by atoms with Crippen molar-refractivity contribution in [2.45, 2.75) is 44.6 Å². The second kappa shape index (κ2) is 6.16. The van der Waals surface area contributed by atoms with E-state index in [1.807, 2.05) is 11.0 Å². The van der Waals surface area contributed by atoms with Gasteiger partial charge in [-0.15, -0.1) is 0 Å².